The third kappa shape index (κ3) is 61.4. The van der Waals surface area contributed by atoms with Gasteiger partial charge in [-0.2, -0.15) is 0 Å². The van der Waals surface area contributed by atoms with Gasteiger partial charge in [0.05, 0.1) is 0 Å². The molecule has 6 nitrogen and oxygen atoms in total. The number of rotatable bonds is 59. The minimum absolute atomic E-state index is 0.0891. The maximum atomic E-state index is 12.9. The van der Waals surface area contributed by atoms with Crippen LogP contribution < -0.4 is 0 Å². The minimum Gasteiger partial charge on any atom is -0.462 e. The van der Waals surface area contributed by atoms with Crippen LogP contribution in [0.25, 0.3) is 0 Å². The van der Waals surface area contributed by atoms with Gasteiger partial charge < -0.3 is 14.2 Å². The van der Waals surface area contributed by atoms with Gasteiger partial charge in [-0.3, -0.25) is 14.4 Å². The average Bonchev–Trinajstić information content (AvgIpc) is 3.42. The van der Waals surface area contributed by atoms with Gasteiger partial charge in [-0.15, -0.1) is 0 Å². The van der Waals surface area contributed by atoms with Crippen molar-refractivity contribution in [1.29, 1.82) is 0 Å². The first kappa shape index (κ1) is 72.6. The summed E-state index contributed by atoms with van der Waals surface area (Å²) in [7, 11) is 0. The van der Waals surface area contributed by atoms with Crippen molar-refractivity contribution in [3.8, 4) is 0 Å². The molecule has 0 fully saturated rings. The highest BCUT2D eigenvalue weighted by molar-refractivity contribution is 5.71. The molecule has 76 heavy (non-hydrogen) atoms. The first-order chi connectivity index (χ1) is 37.5. The van der Waals surface area contributed by atoms with Crippen LogP contribution in [0.15, 0.2) is 85.1 Å². The summed E-state index contributed by atoms with van der Waals surface area (Å²) < 4.78 is 16.9. The Morgan fingerprint density at radius 3 is 0.750 bits per heavy atom. The van der Waals surface area contributed by atoms with Crippen molar-refractivity contribution < 1.29 is 28.6 Å². The van der Waals surface area contributed by atoms with Gasteiger partial charge in [0.2, 0.25) is 0 Å². The van der Waals surface area contributed by atoms with Crippen LogP contribution in [0.3, 0.4) is 0 Å². The maximum Gasteiger partial charge on any atom is 0.306 e. The largest absolute Gasteiger partial charge is 0.462 e. The van der Waals surface area contributed by atoms with E-state index in [9.17, 15) is 14.4 Å². The summed E-state index contributed by atoms with van der Waals surface area (Å²) in [6.07, 6.45) is 84.3. The molecular formula is C70H122O6. The number of allylic oxidation sites excluding steroid dienone is 14. The monoisotopic (exact) mass is 1060 g/mol. The average molecular weight is 1060 g/mol. The molecule has 0 saturated heterocycles. The first-order valence-corrected chi connectivity index (χ1v) is 32.6. The standard InChI is InChI=1S/C70H122O6/c1-4-7-10-13-16-19-22-25-28-31-33-35-37-39-42-45-48-51-54-57-60-63-69(72)75-66-67(65-74-68(71)62-59-56-53-50-47-44-41-30-27-24-21-18-15-12-9-6-3)76-70(73)64-61-58-55-52-49-46-43-40-38-36-34-32-29-26-23-20-17-14-11-8-5-2/h21-26,30-34,37,39,41,67H,4-20,27-29,35-36,38,40,42-66H2,1-3H3/b24-21-,25-22-,26-23-,33-31-,34-32-,39-37-,41-30-. The van der Waals surface area contributed by atoms with E-state index in [1.807, 2.05) is 0 Å². The second-order valence-electron chi connectivity index (χ2n) is 21.7. The van der Waals surface area contributed by atoms with E-state index in [1.54, 1.807) is 0 Å². The molecular weight excluding hydrogens is 937 g/mol. The maximum absolute atomic E-state index is 12.9. The highest BCUT2D eigenvalue weighted by Crippen LogP contribution is 2.15. The zero-order valence-electron chi connectivity index (χ0n) is 50.3. The summed E-state index contributed by atoms with van der Waals surface area (Å²) in [6.45, 7) is 6.61. The van der Waals surface area contributed by atoms with Gasteiger partial charge in [0.1, 0.15) is 13.2 Å². The van der Waals surface area contributed by atoms with E-state index in [1.165, 1.54) is 180 Å². The fourth-order valence-electron chi connectivity index (χ4n) is 9.16. The van der Waals surface area contributed by atoms with Gasteiger partial charge >= 0.3 is 17.9 Å². The van der Waals surface area contributed by atoms with Gasteiger partial charge in [-0.1, -0.05) is 266 Å². The number of hydrogen-bond donors (Lipinski definition) is 0. The van der Waals surface area contributed by atoms with Gasteiger partial charge in [0.15, 0.2) is 6.10 Å². The molecule has 0 aromatic heterocycles. The van der Waals surface area contributed by atoms with Crippen molar-refractivity contribution in [3.05, 3.63) is 85.1 Å². The molecule has 0 aliphatic heterocycles. The molecule has 1 atom stereocenters. The van der Waals surface area contributed by atoms with Crippen molar-refractivity contribution in [2.24, 2.45) is 0 Å². The van der Waals surface area contributed by atoms with Crippen LogP contribution in [-0.4, -0.2) is 37.2 Å². The summed E-state index contributed by atoms with van der Waals surface area (Å²) in [5.74, 6) is -0.906. The van der Waals surface area contributed by atoms with Crippen LogP contribution in [0.5, 0.6) is 0 Å². The lowest BCUT2D eigenvalue weighted by Crippen LogP contribution is -2.30. The molecule has 0 heterocycles. The number of unbranched alkanes of at least 4 members (excludes halogenated alkanes) is 34. The van der Waals surface area contributed by atoms with E-state index >= 15 is 0 Å². The van der Waals surface area contributed by atoms with Crippen molar-refractivity contribution in [1.82, 2.24) is 0 Å². The van der Waals surface area contributed by atoms with E-state index in [-0.39, 0.29) is 31.1 Å². The van der Waals surface area contributed by atoms with E-state index in [2.05, 4.69) is 106 Å². The number of carbonyl (C=O) groups excluding carboxylic acids is 3. The topological polar surface area (TPSA) is 78.9 Å². The molecule has 0 aliphatic carbocycles. The second-order valence-corrected chi connectivity index (χ2v) is 21.7. The van der Waals surface area contributed by atoms with Crippen molar-refractivity contribution in [2.75, 3.05) is 13.2 Å². The summed E-state index contributed by atoms with van der Waals surface area (Å²) in [5, 5.41) is 0. The molecule has 0 saturated carbocycles. The predicted molar refractivity (Wildman–Crippen MR) is 330 cm³/mol. The quantitative estimate of drug-likeness (QED) is 0.0261. The van der Waals surface area contributed by atoms with Crippen molar-refractivity contribution >= 4 is 17.9 Å². The molecule has 6 heteroatoms. The Kier molecular flexibility index (Phi) is 61.2. The molecule has 0 N–H and O–H groups in total. The number of hydrogen-bond acceptors (Lipinski definition) is 6. The summed E-state index contributed by atoms with van der Waals surface area (Å²) in [4.78, 5) is 38.4. The smallest absolute Gasteiger partial charge is 0.306 e. The van der Waals surface area contributed by atoms with E-state index in [0.29, 0.717) is 19.3 Å². The normalized spacial score (nSPS) is 12.6. The molecule has 0 spiro atoms. The molecule has 0 aliphatic rings. The molecule has 0 rings (SSSR count). The molecule has 0 aromatic rings. The minimum atomic E-state index is -0.793. The second kappa shape index (κ2) is 64.1. The van der Waals surface area contributed by atoms with Crippen LogP contribution in [0.2, 0.25) is 0 Å². The zero-order valence-corrected chi connectivity index (χ0v) is 50.3. The fraction of sp³-hybridized carbons (Fsp3) is 0.757. The van der Waals surface area contributed by atoms with Crippen LogP contribution >= 0.6 is 0 Å². The number of carbonyl (C=O) groups is 3. The van der Waals surface area contributed by atoms with Crippen LogP contribution in [0.4, 0.5) is 0 Å². The Hall–Kier alpha value is -3.41. The van der Waals surface area contributed by atoms with Crippen LogP contribution in [0.1, 0.15) is 323 Å². The Morgan fingerprint density at radius 2 is 0.474 bits per heavy atom. The van der Waals surface area contributed by atoms with Crippen molar-refractivity contribution in [3.63, 3.8) is 0 Å². The van der Waals surface area contributed by atoms with Gasteiger partial charge in [-0.25, -0.2) is 0 Å². The van der Waals surface area contributed by atoms with Gasteiger partial charge in [0.25, 0.3) is 0 Å². The molecule has 0 aromatic carbocycles. The molecule has 1 unspecified atom stereocenters. The van der Waals surface area contributed by atoms with Crippen LogP contribution in [0, 0.1) is 0 Å². The lowest BCUT2D eigenvalue weighted by Gasteiger charge is -2.18. The highest BCUT2D eigenvalue weighted by Gasteiger charge is 2.19. The number of esters is 3. The lowest BCUT2D eigenvalue weighted by molar-refractivity contribution is -0.167. The first-order valence-electron chi connectivity index (χ1n) is 32.6. The predicted octanol–water partition coefficient (Wildman–Crippen LogP) is 22.3. The zero-order chi connectivity index (χ0) is 55.0. The highest BCUT2D eigenvalue weighted by atomic mass is 16.6. The van der Waals surface area contributed by atoms with Gasteiger partial charge in [-0.05, 0) is 122 Å². The SMILES string of the molecule is CCCCCC/C=C\C/C=C\CCCCCCCC(=O)OCC(COC(=O)CCCCCCCC/C=C\C/C=C\C/C=C\CCCCCCC)OC(=O)CCCCCCCCCCC/C=C\C/C=C\CCCCCCC. The molecule has 0 bridgehead atoms. The van der Waals surface area contributed by atoms with Crippen molar-refractivity contribution in [2.45, 2.75) is 329 Å². The molecule has 0 radical (unpaired) electrons. The van der Waals surface area contributed by atoms with Gasteiger partial charge in [0, 0.05) is 19.3 Å². The third-order valence-electron chi connectivity index (χ3n) is 14.1. The number of ether oxygens (including phenoxy) is 3. The molecule has 0 amide bonds. The van der Waals surface area contributed by atoms with E-state index < -0.39 is 6.10 Å². The van der Waals surface area contributed by atoms with E-state index in [4.69, 9.17) is 14.2 Å². The third-order valence-corrected chi connectivity index (χ3v) is 14.1. The Labute approximate surface area is 471 Å². The Bertz CT molecular complexity index is 1450. The summed E-state index contributed by atoms with van der Waals surface area (Å²) >= 11 is 0. The lowest BCUT2D eigenvalue weighted by atomic mass is 10.1. The van der Waals surface area contributed by atoms with E-state index in [0.717, 1.165) is 103 Å². The summed E-state index contributed by atoms with van der Waals surface area (Å²) in [5.41, 5.74) is 0. The molecule has 438 valence electrons. The van der Waals surface area contributed by atoms with Crippen LogP contribution in [-0.2, 0) is 28.6 Å². The summed E-state index contributed by atoms with van der Waals surface area (Å²) in [6, 6.07) is 0. The fourth-order valence-corrected chi connectivity index (χ4v) is 9.16. The Balaban J connectivity index is 4.42. The Morgan fingerprint density at radius 1 is 0.263 bits per heavy atom.